The van der Waals surface area contributed by atoms with Crippen LogP contribution in [-0.4, -0.2) is 8.42 Å². The molecule has 0 aliphatic rings. The van der Waals surface area contributed by atoms with Crippen LogP contribution >= 0.6 is 22.9 Å². The Bertz CT molecular complexity index is 807. The van der Waals surface area contributed by atoms with Gasteiger partial charge < -0.3 is 5.73 Å². The second kappa shape index (κ2) is 5.32. The van der Waals surface area contributed by atoms with Crippen LogP contribution in [0.3, 0.4) is 0 Å². The molecule has 0 unspecified atom stereocenters. The lowest BCUT2D eigenvalue weighted by atomic mass is 10.2. The zero-order valence-corrected chi connectivity index (χ0v) is 12.7. The van der Waals surface area contributed by atoms with Gasteiger partial charge >= 0.3 is 0 Å². The van der Waals surface area contributed by atoms with Crippen molar-refractivity contribution in [2.75, 3.05) is 10.5 Å². The van der Waals surface area contributed by atoms with Crippen LogP contribution in [-0.2, 0) is 10.0 Å². The molecule has 0 aliphatic carbocycles. The van der Waals surface area contributed by atoms with E-state index in [-0.39, 0.29) is 20.5 Å². The number of nitriles is 1. The van der Waals surface area contributed by atoms with Crippen LogP contribution in [0, 0.1) is 18.3 Å². The van der Waals surface area contributed by atoms with Gasteiger partial charge in [0, 0.05) is 5.69 Å². The molecule has 1 heterocycles. The van der Waals surface area contributed by atoms with Gasteiger partial charge in [-0.2, -0.15) is 5.26 Å². The zero-order valence-electron chi connectivity index (χ0n) is 10.3. The van der Waals surface area contributed by atoms with E-state index in [9.17, 15) is 8.42 Å². The predicted octanol–water partition coefficient (Wildman–Crippen LogP) is 2.96. The summed E-state index contributed by atoms with van der Waals surface area (Å²) in [5.74, 6) is 0. The van der Waals surface area contributed by atoms with Gasteiger partial charge in [0.25, 0.3) is 10.0 Å². The molecule has 8 heteroatoms. The SMILES string of the molecule is Cc1cc(Cl)c(S(=O)(=O)Nc2sccc2C#N)cc1N. The molecule has 104 valence electrons. The van der Waals surface area contributed by atoms with Crippen LogP contribution in [0.25, 0.3) is 0 Å². The standard InChI is InChI=1S/C12H10ClN3O2S2/c1-7-4-9(13)11(5-10(7)15)20(17,18)16-12-8(6-14)2-3-19-12/h2-5,16H,15H2,1H3. The first-order valence-corrected chi connectivity index (χ1v) is 8.15. The Hall–Kier alpha value is -1.75. The predicted molar refractivity (Wildman–Crippen MR) is 80.4 cm³/mol. The summed E-state index contributed by atoms with van der Waals surface area (Å²) in [6.07, 6.45) is 0. The third-order valence-corrected chi connectivity index (χ3v) is 5.40. The summed E-state index contributed by atoms with van der Waals surface area (Å²) in [6, 6.07) is 6.24. The number of nitrogens with zero attached hydrogens (tertiary/aromatic N) is 1. The Morgan fingerprint density at radius 1 is 1.45 bits per heavy atom. The summed E-state index contributed by atoms with van der Waals surface area (Å²) in [6.45, 7) is 1.73. The second-order valence-corrected chi connectivity index (χ2v) is 6.99. The van der Waals surface area contributed by atoms with Crippen molar-refractivity contribution in [3.05, 3.63) is 39.7 Å². The third kappa shape index (κ3) is 2.72. The minimum atomic E-state index is -3.89. The van der Waals surface area contributed by atoms with E-state index in [2.05, 4.69) is 4.72 Å². The summed E-state index contributed by atoms with van der Waals surface area (Å²) >= 11 is 7.09. The van der Waals surface area contributed by atoms with E-state index in [1.54, 1.807) is 12.3 Å². The van der Waals surface area contributed by atoms with Crippen LogP contribution in [0.4, 0.5) is 10.7 Å². The lowest BCUT2D eigenvalue weighted by Crippen LogP contribution is -2.14. The first-order valence-electron chi connectivity index (χ1n) is 5.41. The highest BCUT2D eigenvalue weighted by Crippen LogP contribution is 2.30. The molecule has 0 bridgehead atoms. The van der Waals surface area contributed by atoms with Crippen molar-refractivity contribution >= 4 is 43.6 Å². The van der Waals surface area contributed by atoms with Crippen LogP contribution in [0.15, 0.2) is 28.5 Å². The zero-order chi connectivity index (χ0) is 14.9. The Kier molecular flexibility index (Phi) is 3.90. The third-order valence-electron chi connectivity index (χ3n) is 2.62. The monoisotopic (exact) mass is 327 g/mol. The Balaban J connectivity index is 2.47. The molecule has 0 radical (unpaired) electrons. The maximum Gasteiger partial charge on any atom is 0.264 e. The fourth-order valence-electron chi connectivity index (χ4n) is 1.53. The minimum absolute atomic E-state index is 0.0827. The van der Waals surface area contributed by atoms with Crippen molar-refractivity contribution in [1.82, 2.24) is 0 Å². The average Bonchev–Trinajstić information content (AvgIpc) is 2.80. The number of nitrogen functional groups attached to an aromatic ring is 1. The normalized spacial score (nSPS) is 11.1. The van der Waals surface area contributed by atoms with Crippen molar-refractivity contribution < 1.29 is 8.42 Å². The van der Waals surface area contributed by atoms with E-state index in [0.717, 1.165) is 11.3 Å². The minimum Gasteiger partial charge on any atom is -0.398 e. The first-order chi connectivity index (χ1) is 9.35. The summed E-state index contributed by atoms with van der Waals surface area (Å²) in [5.41, 5.74) is 7.01. The van der Waals surface area contributed by atoms with Crippen molar-refractivity contribution in [3.63, 3.8) is 0 Å². The molecule has 0 atom stereocenters. The van der Waals surface area contributed by atoms with Crippen LogP contribution in [0.5, 0.6) is 0 Å². The van der Waals surface area contributed by atoms with Gasteiger partial charge in [-0.25, -0.2) is 8.42 Å². The van der Waals surface area contributed by atoms with E-state index in [1.807, 2.05) is 6.07 Å². The summed E-state index contributed by atoms with van der Waals surface area (Å²) in [5, 5.41) is 10.8. The Morgan fingerprint density at radius 2 is 2.15 bits per heavy atom. The summed E-state index contributed by atoms with van der Waals surface area (Å²) in [7, 11) is -3.89. The number of nitrogens with two attached hydrogens (primary N) is 1. The van der Waals surface area contributed by atoms with Crippen molar-refractivity contribution in [3.8, 4) is 6.07 Å². The average molecular weight is 328 g/mol. The van der Waals surface area contributed by atoms with E-state index in [0.29, 0.717) is 11.3 Å². The van der Waals surface area contributed by atoms with Crippen LogP contribution in [0.2, 0.25) is 5.02 Å². The molecular formula is C12H10ClN3O2S2. The van der Waals surface area contributed by atoms with E-state index in [1.165, 1.54) is 18.2 Å². The number of halogens is 1. The molecule has 1 aromatic heterocycles. The topological polar surface area (TPSA) is 96.0 Å². The Labute approximate surface area is 125 Å². The molecular weight excluding hydrogens is 318 g/mol. The molecule has 5 nitrogen and oxygen atoms in total. The maximum atomic E-state index is 12.3. The van der Waals surface area contributed by atoms with Crippen LogP contribution < -0.4 is 10.5 Å². The van der Waals surface area contributed by atoms with Gasteiger partial charge in [0.2, 0.25) is 0 Å². The van der Waals surface area contributed by atoms with Gasteiger partial charge in [0.1, 0.15) is 16.0 Å². The molecule has 3 N–H and O–H groups in total. The van der Waals surface area contributed by atoms with Crippen molar-refractivity contribution in [2.24, 2.45) is 0 Å². The van der Waals surface area contributed by atoms with Gasteiger partial charge in [-0.05, 0) is 36.1 Å². The Morgan fingerprint density at radius 3 is 2.80 bits per heavy atom. The van der Waals surface area contributed by atoms with Crippen molar-refractivity contribution in [2.45, 2.75) is 11.8 Å². The van der Waals surface area contributed by atoms with Gasteiger partial charge in [0.05, 0.1) is 10.6 Å². The smallest absolute Gasteiger partial charge is 0.264 e. The first kappa shape index (κ1) is 14.7. The van der Waals surface area contributed by atoms with E-state index < -0.39 is 10.0 Å². The molecule has 1 aromatic carbocycles. The second-order valence-electron chi connectivity index (χ2n) is 4.02. The summed E-state index contributed by atoms with van der Waals surface area (Å²) in [4.78, 5) is -0.112. The van der Waals surface area contributed by atoms with Crippen molar-refractivity contribution in [1.29, 1.82) is 5.26 Å². The molecule has 2 rings (SSSR count). The number of hydrogen-bond donors (Lipinski definition) is 2. The highest BCUT2D eigenvalue weighted by Gasteiger charge is 2.21. The van der Waals surface area contributed by atoms with Gasteiger partial charge in [-0.15, -0.1) is 11.3 Å². The molecule has 20 heavy (non-hydrogen) atoms. The number of sulfonamides is 1. The van der Waals surface area contributed by atoms with E-state index >= 15 is 0 Å². The quantitative estimate of drug-likeness (QED) is 0.847. The molecule has 2 aromatic rings. The lowest BCUT2D eigenvalue weighted by Gasteiger charge is -2.10. The number of rotatable bonds is 3. The molecule has 0 spiro atoms. The highest BCUT2D eigenvalue weighted by atomic mass is 35.5. The number of aryl methyl sites for hydroxylation is 1. The number of anilines is 2. The maximum absolute atomic E-state index is 12.3. The fourth-order valence-corrected chi connectivity index (χ4v) is 4.21. The van der Waals surface area contributed by atoms with Crippen LogP contribution in [0.1, 0.15) is 11.1 Å². The van der Waals surface area contributed by atoms with Gasteiger partial charge in [-0.1, -0.05) is 11.6 Å². The van der Waals surface area contributed by atoms with Gasteiger partial charge in [-0.3, -0.25) is 4.72 Å². The molecule has 0 saturated heterocycles. The molecule has 0 fully saturated rings. The largest absolute Gasteiger partial charge is 0.398 e. The number of hydrogen-bond acceptors (Lipinski definition) is 5. The fraction of sp³-hybridized carbons (Fsp3) is 0.0833. The summed E-state index contributed by atoms with van der Waals surface area (Å²) < 4.78 is 26.9. The molecule has 0 saturated carbocycles. The van der Waals surface area contributed by atoms with E-state index in [4.69, 9.17) is 22.6 Å². The highest BCUT2D eigenvalue weighted by molar-refractivity contribution is 7.93. The number of thiophene rings is 1. The molecule has 0 amide bonds. The lowest BCUT2D eigenvalue weighted by molar-refractivity contribution is 0.601. The number of nitrogens with one attached hydrogen (secondary N) is 1. The van der Waals surface area contributed by atoms with Gasteiger partial charge in [0.15, 0.2) is 0 Å². The molecule has 0 aliphatic heterocycles. The number of benzene rings is 1.